The minimum absolute atomic E-state index is 0. The molecule has 0 aliphatic carbocycles. The van der Waals surface area contributed by atoms with Gasteiger partial charge in [0, 0.05) is 6.54 Å². The second-order valence-corrected chi connectivity index (χ2v) is 5.06. The third-order valence-electron chi connectivity index (χ3n) is 3.12. The Bertz CT molecular complexity index is 786. The summed E-state index contributed by atoms with van der Waals surface area (Å²) in [7, 11) is 0. The lowest BCUT2D eigenvalue weighted by atomic mass is 10.1. The van der Waals surface area contributed by atoms with Crippen molar-refractivity contribution < 1.29 is 17.9 Å². The van der Waals surface area contributed by atoms with E-state index in [-0.39, 0.29) is 35.7 Å². The fourth-order valence-electron chi connectivity index (χ4n) is 1.97. The lowest BCUT2D eigenvalue weighted by molar-refractivity contribution is -0.274. The van der Waals surface area contributed by atoms with Crippen LogP contribution >= 0.6 is 24.0 Å². The van der Waals surface area contributed by atoms with Crippen molar-refractivity contribution in [2.24, 2.45) is 10.7 Å². The molecule has 0 aliphatic heterocycles. The first kappa shape index (κ1) is 21.6. The van der Waals surface area contributed by atoms with Gasteiger partial charge in [0.15, 0.2) is 5.96 Å². The summed E-state index contributed by atoms with van der Waals surface area (Å²) in [5, 5.41) is 11.7. The van der Waals surface area contributed by atoms with Gasteiger partial charge in [-0.15, -0.1) is 37.1 Å². The summed E-state index contributed by atoms with van der Waals surface area (Å²) < 4.78 is 40.0. The maximum absolute atomic E-state index is 12.1. The van der Waals surface area contributed by atoms with Crippen LogP contribution < -0.4 is 15.8 Å². The Morgan fingerprint density at radius 1 is 1.15 bits per heavy atom. The minimum Gasteiger partial charge on any atom is -0.406 e. The highest BCUT2D eigenvalue weighted by atomic mass is 127. The number of nitrogens with zero attached hydrogens (tertiary/aromatic N) is 2. The SMILES string of the molecule is I.N#Cc1cccc(CN=C(N)NCc2ccc(OC(F)(F)F)cc2)c1. The number of rotatable bonds is 5. The van der Waals surface area contributed by atoms with Crippen LogP contribution in [0.3, 0.4) is 0 Å². The number of hydrogen-bond acceptors (Lipinski definition) is 3. The average Bonchev–Trinajstić information content (AvgIpc) is 2.58. The van der Waals surface area contributed by atoms with Crippen LogP contribution in [0, 0.1) is 11.3 Å². The number of aliphatic imine (C=N–C) groups is 1. The highest BCUT2D eigenvalue weighted by Crippen LogP contribution is 2.22. The molecule has 2 aromatic rings. The van der Waals surface area contributed by atoms with Crippen molar-refractivity contribution in [3.05, 3.63) is 65.2 Å². The normalized spacial score (nSPS) is 11.2. The third kappa shape index (κ3) is 7.60. The number of ether oxygens (including phenoxy) is 1. The van der Waals surface area contributed by atoms with Gasteiger partial charge in [-0.25, -0.2) is 4.99 Å². The zero-order valence-corrected chi connectivity index (χ0v) is 15.8. The molecule has 9 heteroatoms. The number of benzene rings is 2. The highest BCUT2D eigenvalue weighted by Gasteiger charge is 2.30. The van der Waals surface area contributed by atoms with Gasteiger partial charge in [0.05, 0.1) is 18.2 Å². The lowest BCUT2D eigenvalue weighted by Crippen LogP contribution is -2.31. The fraction of sp³-hybridized carbons (Fsp3) is 0.176. The first-order chi connectivity index (χ1) is 11.9. The van der Waals surface area contributed by atoms with Crippen molar-refractivity contribution in [3.63, 3.8) is 0 Å². The highest BCUT2D eigenvalue weighted by molar-refractivity contribution is 14.0. The predicted molar refractivity (Wildman–Crippen MR) is 102 cm³/mol. The topological polar surface area (TPSA) is 83.4 Å². The summed E-state index contributed by atoms with van der Waals surface area (Å²) in [5.41, 5.74) is 7.86. The molecule has 0 saturated heterocycles. The molecule has 0 heterocycles. The van der Waals surface area contributed by atoms with E-state index < -0.39 is 6.36 Å². The molecule has 0 radical (unpaired) electrons. The maximum Gasteiger partial charge on any atom is 0.573 e. The van der Waals surface area contributed by atoms with Crippen LogP contribution in [0.2, 0.25) is 0 Å². The van der Waals surface area contributed by atoms with E-state index in [2.05, 4.69) is 15.0 Å². The monoisotopic (exact) mass is 476 g/mol. The van der Waals surface area contributed by atoms with E-state index in [4.69, 9.17) is 11.0 Å². The molecular formula is C17H16F3IN4O. The van der Waals surface area contributed by atoms with E-state index in [0.717, 1.165) is 11.1 Å². The molecule has 2 aromatic carbocycles. The van der Waals surface area contributed by atoms with Crippen LogP contribution in [-0.2, 0) is 13.1 Å². The number of hydrogen-bond donors (Lipinski definition) is 2. The smallest absolute Gasteiger partial charge is 0.406 e. The number of nitriles is 1. The van der Waals surface area contributed by atoms with Crippen LogP contribution in [0.15, 0.2) is 53.5 Å². The molecule has 0 spiro atoms. The van der Waals surface area contributed by atoms with E-state index in [0.29, 0.717) is 18.7 Å². The van der Waals surface area contributed by atoms with Crippen molar-refractivity contribution in [1.29, 1.82) is 5.26 Å². The molecule has 26 heavy (non-hydrogen) atoms. The Kier molecular flexibility index (Phi) is 8.18. The van der Waals surface area contributed by atoms with Crippen molar-refractivity contribution >= 4 is 29.9 Å². The fourth-order valence-corrected chi connectivity index (χ4v) is 1.97. The Morgan fingerprint density at radius 3 is 2.46 bits per heavy atom. The number of nitrogens with one attached hydrogen (secondary N) is 1. The van der Waals surface area contributed by atoms with Gasteiger partial charge in [-0.3, -0.25) is 0 Å². The summed E-state index contributed by atoms with van der Waals surface area (Å²) in [6.45, 7) is 0.618. The molecule has 138 valence electrons. The average molecular weight is 476 g/mol. The Labute approximate surface area is 165 Å². The summed E-state index contributed by atoms with van der Waals surface area (Å²) in [4.78, 5) is 4.15. The zero-order chi connectivity index (χ0) is 18.3. The predicted octanol–water partition coefficient (Wildman–Crippen LogP) is 3.68. The van der Waals surface area contributed by atoms with Gasteiger partial charge in [0.25, 0.3) is 0 Å². The number of nitrogens with two attached hydrogens (primary N) is 1. The van der Waals surface area contributed by atoms with Gasteiger partial charge >= 0.3 is 6.36 Å². The number of guanidine groups is 1. The molecule has 0 atom stereocenters. The molecule has 2 rings (SSSR count). The standard InChI is InChI=1S/C17H15F3N4O.HI/c18-17(19,20)25-15-6-4-12(5-7-15)10-23-16(22)24-11-14-3-1-2-13(8-14)9-21;/h1-8H,10-11H2,(H3,22,23,24);1H. The zero-order valence-electron chi connectivity index (χ0n) is 13.5. The Morgan fingerprint density at radius 2 is 1.85 bits per heavy atom. The van der Waals surface area contributed by atoms with Crippen molar-refractivity contribution in [2.75, 3.05) is 0 Å². The van der Waals surface area contributed by atoms with E-state index in [1.54, 1.807) is 18.2 Å². The summed E-state index contributed by atoms with van der Waals surface area (Å²) in [5.74, 6) is -0.0896. The third-order valence-corrected chi connectivity index (χ3v) is 3.12. The molecular weight excluding hydrogens is 460 g/mol. The van der Waals surface area contributed by atoms with E-state index in [9.17, 15) is 13.2 Å². The van der Waals surface area contributed by atoms with Crippen LogP contribution in [-0.4, -0.2) is 12.3 Å². The van der Waals surface area contributed by atoms with Gasteiger partial charge in [0.1, 0.15) is 5.75 Å². The van der Waals surface area contributed by atoms with Crippen LogP contribution in [0.1, 0.15) is 16.7 Å². The summed E-state index contributed by atoms with van der Waals surface area (Å²) >= 11 is 0. The van der Waals surface area contributed by atoms with Gasteiger partial charge in [-0.2, -0.15) is 5.26 Å². The van der Waals surface area contributed by atoms with Crippen LogP contribution in [0.4, 0.5) is 13.2 Å². The largest absolute Gasteiger partial charge is 0.573 e. The quantitative estimate of drug-likeness (QED) is 0.392. The van der Waals surface area contributed by atoms with Crippen molar-refractivity contribution in [3.8, 4) is 11.8 Å². The van der Waals surface area contributed by atoms with Gasteiger partial charge < -0.3 is 15.8 Å². The van der Waals surface area contributed by atoms with Crippen LogP contribution in [0.25, 0.3) is 0 Å². The van der Waals surface area contributed by atoms with Gasteiger partial charge in [-0.1, -0.05) is 24.3 Å². The second kappa shape index (κ2) is 9.86. The van der Waals surface area contributed by atoms with Gasteiger partial charge in [-0.05, 0) is 35.4 Å². The molecule has 0 amide bonds. The van der Waals surface area contributed by atoms with Crippen molar-refractivity contribution in [2.45, 2.75) is 19.5 Å². The van der Waals surface area contributed by atoms with E-state index in [1.165, 1.54) is 24.3 Å². The molecule has 3 N–H and O–H groups in total. The molecule has 5 nitrogen and oxygen atoms in total. The molecule has 0 fully saturated rings. The van der Waals surface area contributed by atoms with Gasteiger partial charge in [0.2, 0.25) is 0 Å². The van der Waals surface area contributed by atoms with Crippen molar-refractivity contribution in [1.82, 2.24) is 5.32 Å². The minimum atomic E-state index is -4.71. The molecule has 0 unspecified atom stereocenters. The summed E-state index contributed by atoms with van der Waals surface area (Å²) in [6.07, 6.45) is -4.71. The van der Waals surface area contributed by atoms with E-state index in [1.807, 2.05) is 12.1 Å². The lowest BCUT2D eigenvalue weighted by Gasteiger charge is -2.10. The van der Waals surface area contributed by atoms with E-state index >= 15 is 0 Å². The van der Waals surface area contributed by atoms with Crippen LogP contribution in [0.5, 0.6) is 5.75 Å². The second-order valence-electron chi connectivity index (χ2n) is 5.06. The maximum atomic E-state index is 12.1. The summed E-state index contributed by atoms with van der Waals surface area (Å²) in [6, 6.07) is 14.5. The molecule has 0 aliphatic rings. The number of alkyl halides is 3. The molecule has 0 aromatic heterocycles. The number of halogens is 4. The molecule has 0 bridgehead atoms. The molecule has 0 saturated carbocycles. The Balaban J connectivity index is 0.00000338. The first-order valence-corrected chi connectivity index (χ1v) is 7.23. The first-order valence-electron chi connectivity index (χ1n) is 7.23. The Hall–Kier alpha value is -2.48.